The minimum absolute atomic E-state index is 0. The van der Waals surface area contributed by atoms with Gasteiger partial charge in [0.25, 0.3) is 0 Å². The van der Waals surface area contributed by atoms with E-state index in [4.69, 9.17) is 0 Å². The molecule has 5 nitrogen and oxygen atoms in total. The molecule has 1 saturated carbocycles. The van der Waals surface area contributed by atoms with Gasteiger partial charge >= 0.3 is 0 Å². The normalized spacial score (nSPS) is 15.1. The van der Waals surface area contributed by atoms with Crippen LogP contribution in [0.2, 0.25) is 0 Å². The Morgan fingerprint density at radius 3 is 2.52 bits per heavy atom. The molecule has 1 aliphatic rings. The standard InChI is InChI=1S/C18H27FN4O.HI/c1-4-11-20-17(21-12-16(24)23(2)3)22-13-18(9-10-18)14-7-5-6-8-15(14)19;/h5-8H,4,9-13H2,1-3H3,(H2,20,21,22);1H. The lowest BCUT2D eigenvalue weighted by Crippen LogP contribution is -2.42. The van der Waals surface area contributed by atoms with E-state index in [-0.39, 0.29) is 47.7 Å². The average molecular weight is 462 g/mol. The van der Waals surface area contributed by atoms with E-state index in [9.17, 15) is 9.18 Å². The Balaban J connectivity index is 0.00000312. The number of aliphatic imine (C=N–C) groups is 1. The molecule has 0 bridgehead atoms. The highest BCUT2D eigenvalue weighted by molar-refractivity contribution is 14.0. The first-order valence-electron chi connectivity index (χ1n) is 8.46. The van der Waals surface area contributed by atoms with Crippen LogP contribution < -0.4 is 10.6 Å². The highest BCUT2D eigenvalue weighted by Crippen LogP contribution is 2.48. The third kappa shape index (κ3) is 6.13. The second-order valence-corrected chi connectivity index (χ2v) is 6.49. The van der Waals surface area contributed by atoms with Crippen molar-refractivity contribution in [1.29, 1.82) is 0 Å². The Bertz CT molecular complexity index is 602. The van der Waals surface area contributed by atoms with Crippen molar-refractivity contribution < 1.29 is 9.18 Å². The summed E-state index contributed by atoms with van der Waals surface area (Å²) in [5, 5.41) is 6.48. The summed E-state index contributed by atoms with van der Waals surface area (Å²) in [4.78, 5) is 17.6. The van der Waals surface area contributed by atoms with Gasteiger partial charge in [0.1, 0.15) is 12.4 Å². The molecule has 0 aliphatic heterocycles. The smallest absolute Gasteiger partial charge is 0.243 e. The minimum Gasteiger partial charge on any atom is -0.356 e. The number of hydrogen-bond acceptors (Lipinski definition) is 2. The summed E-state index contributed by atoms with van der Waals surface area (Å²) in [6, 6.07) is 6.95. The molecule has 0 aromatic heterocycles. The lowest BCUT2D eigenvalue weighted by atomic mass is 9.95. The van der Waals surface area contributed by atoms with Crippen molar-refractivity contribution in [2.45, 2.75) is 31.6 Å². The third-order valence-corrected chi connectivity index (χ3v) is 4.31. The summed E-state index contributed by atoms with van der Waals surface area (Å²) >= 11 is 0. The third-order valence-electron chi connectivity index (χ3n) is 4.31. The number of halogens is 2. The van der Waals surface area contributed by atoms with Gasteiger partial charge in [-0.15, -0.1) is 24.0 Å². The molecule has 2 N–H and O–H groups in total. The van der Waals surface area contributed by atoms with E-state index in [0.717, 1.165) is 31.4 Å². The van der Waals surface area contributed by atoms with Gasteiger partial charge in [-0.25, -0.2) is 9.38 Å². The predicted molar refractivity (Wildman–Crippen MR) is 110 cm³/mol. The van der Waals surface area contributed by atoms with Crippen LogP contribution in [0.5, 0.6) is 0 Å². The van der Waals surface area contributed by atoms with Crippen molar-refractivity contribution in [3.05, 3.63) is 35.6 Å². The molecule has 1 amide bonds. The van der Waals surface area contributed by atoms with Gasteiger partial charge in [0, 0.05) is 32.6 Å². The Hall–Kier alpha value is -1.38. The van der Waals surface area contributed by atoms with Crippen LogP contribution in [0.1, 0.15) is 31.7 Å². The molecule has 0 spiro atoms. The molecular formula is C18H28FIN4O. The van der Waals surface area contributed by atoms with Crippen molar-refractivity contribution in [2.75, 3.05) is 33.7 Å². The Labute approximate surface area is 166 Å². The number of likely N-dealkylation sites (N-methyl/N-ethyl adjacent to an activating group) is 1. The van der Waals surface area contributed by atoms with Crippen LogP contribution in [0, 0.1) is 5.82 Å². The highest BCUT2D eigenvalue weighted by atomic mass is 127. The second kappa shape index (κ2) is 9.94. The fraction of sp³-hybridized carbons (Fsp3) is 0.556. The quantitative estimate of drug-likeness (QED) is 0.372. The van der Waals surface area contributed by atoms with Gasteiger partial charge in [-0.3, -0.25) is 4.79 Å². The SMILES string of the molecule is CCCNC(=NCC(=O)N(C)C)NCC1(c2ccccc2F)CC1.I. The lowest BCUT2D eigenvalue weighted by molar-refractivity contribution is -0.127. The zero-order chi connectivity index (χ0) is 17.6. The van der Waals surface area contributed by atoms with E-state index in [1.807, 2.05) is 12.1 Å². The zero-order valence-corrected chi connectivity index (χ0v) is 17.5. The van der Waals surface area contributed by atoms with Gasteiger partial charge < -0.3 is 15.5 Å². The molecule has 0 heterocycles. The molecule has 140 valence electrons. The predicted octanol–water partition coefficient (Wildman–Crippen LogP) is 2.51. The zero-order valence-electron chi connectivity index (χ0n) is 15.1. The molecule has 1 aromatic carbocycles. The molecule has 0 saturated heterocycles. The first-order chi connectivity index (χ1) is 11.5. The number of hydrogen-bond donors (Lipinski definition) is 2. The van der Waals surface area contributed by atoms with Crippen LogP contribution in [-0.4, -0.2) is 50.5 Å². The van der Waals surface area contributed by atoms with Crippen molar-refractivity contribution in [1.82, 2.24) is 15.5 Å². The number of benzene rings is 1. The molecule has 0 radical (unpaired) electrons. The summed E-state index contributed by atoms with van der Waals surface area (Å²) in [5.74, 6) is 0.400. The Kier molecular flexibility index (Phi) is 8.61. The van der Waals surface area contributed by atoms with Gasteiger partial charge in [-0.05, 0) is 30.9 Å². The molecule has 1 aliphatic carbocycles. The number of nitrogens with zero attached hydrogens (tertiary/aromatic N) is 2. The van der Waals surface area contributed by atoms with Crippen molar-refractivity contribution in [2.24, 2.45) is 4.99 Å². The largest absolute Gasteiger partial charge is 0.356 e. The maximum atomic E-state index is 14.1. The summed E-state index contributed by atoms with van der Waals surface area (Å²) < 4.78 is 14.1. The summed E-state index contributed by atoms with van der Waals surface area (Å²) in [5.41, 5.74) is 0.600. The van der Waals surface area contributed by atoms with E-state index in [1.54, 1.807) is 20.2 Å². The van der Waals surface area contributed by atoms with Crippen LogP contribution in [0.4, 0.5) is 4.39 Å². The van der Waals surface area contributed by atoms with Crippen molar-refractivity contribution in [3.63, 3.8) is 0 Å². The topological polar surface area (TPSA) is 56.7 Å². The number of amides is 1. The lowest BCUT2D eigenvalue weighted by Gasteiger charge is -2.20. The van der Waals surface area contributed by atoms with Crippen LogP contribution in [0.3, 0.4) is 0 Å². The van der Waals surface area contributed by atoms with Crippen molar-refractivity contribution in [3.8, 4) is 0 Å². The van der Waals surface area contributed by atoms with E-state index < -0.39 is 0 Å². The number of nitrogens with one attached hydrogen (secondary N) is 2. The second-order valence-electron chi connectivity index (χ2n) is 6.49. The Morgan fingerprint density at radius 2 is 1.96 bits per heavy atom. The van der Waals surface area contributed by atoms with Crippen molar-refractivity contribution >= 4 is 35.8 Å². The molecule has 2 rings (SSSR count). The number of rotatable bonds is 7. The first kappa shape index (κ1) is 21.7. The van der Waals surface area contributed by atoms with E-state index in [2.05, 4.69) is 22.5 Å². The average Bonchev–Trinajstić information content (AvgIpc) is 3.35. The fourth-order valence-corrected chi connectivity index (χ4v) is 2.54. The van der Waals surface area contributed by atoms with Crippen LogP contribution >= 0.6 is 24.0 Å². The fourth-order valence-electron chi connectivity index (χ4n) is 2.54. The van der Waals surface area contributed by atoms with Gasteiger partial charge in [-0.1, -0.05) is 25.1 Å². The van der Waals surface area contributed by atoms with E-state index in [1.165, 1.54) is 11.0 Å². The molecule has 0 unspecified atom stereocenters. The van der Waals surface area contributed by atoms with E-state index in [0.29, 0.717) is 12.5 Å². The van der Waals surface area contributed by atoms with Gasteiger partial charge in [0.05, 0.1) is 0 Å². The van der Waals surface area contributed by atoms with E-state index >= 15 is 0 Å². The van der Waals surface area contributed by atoms with Crippen LogP contribution in [-0.2, 0) is 10.2 Å². The first-order valence-corrected chi connectivity index (χ1v) is 8.46. The molecular weight excluding hydrogens is 434 g/mol. The molecule has 7 heteroatoms. The molecule has 1 fully saturated rings. The van der Waals surface area contributed by atoms with Gasteiger partial charge in [0.15, 0.2) is 5.96 Å². The summed E-state index contributed by atoms with van der Waals surface area (Å²) in [7, 11) is 3.42. The number of carbonyl (C=O) groups excluding carboxylic acids is 1. The van der Waals surface area contributed by atoms with Gasteiger partial charge in [-0.2, -0.15) is 0 Å². The molecule has 25 heavy (non-hydrogen) atoms. The maximum absolute atomic E-state index is 14.1. The van der Waals surface area contributed by atoms with Gasteiger partial charge in [0.2, 0.25) is 5.91 Å². The number of carbonyl (C=O) groups is 1. The molecule has 0 atom stereocenters. The monoisotopic (exact) mass is 462 g/mol. The Morgan fingerprint density at radius 1 is 1.28 bits per heavy atom. The molecule has 1 aromatic rings. The summed E-state index contributed by atoms with van der Waals surface area (Å²) in [6.07, 6.45) is 2.87. The highest BCUT2D eigenvalue weighted by Gasteiger charge is 2.45. The van der Waals surface area contributed by atoms with Crippen LogP contribution in [0.25, 0.3) is 0 Å². The summed E-state index contributed by atoms with van der Waals surface area (Å²) in [6.45, 7) is 3.55. The van der Waals surface area contributed by atoms with Crippen LogP contribution in [0.15, 0.2) is 29.3 Å². The maximum Gasteiger partial charge on any atom is 0.243 e. The minimum atomic E-state index is -0.161. The number of guanidine groups is 1.